The molecule has 0 heterocycles. The van der Waals surface area contributed by atoms with Gasteiger partial charge >= 0.3 is 0 Å². The Morgan fingerprint density at radius 2 is 1.93 bits per heavy atom. The molecule has 1 aliphatic carbocycles. The fourth-order valence-electron chi connectivity index (χ4n) is 1.72. The molecule has 0 unspecified atom stereocenters. The van der Waals surface area contributed by atoms with Crippen LogP contribution in [-0.4, -0.2) is 33.2 Å². The number of amides is 1. The maximum Gasteiger partial charge on any atom is 0.221 e. The molecule has 0 spiro atoms. The summed E-state index contributed by atoms with van der Waals surface area (Å²) in [5.74, 6) is -0.0712. The predicted molar refractivity (Wildman–Crippen MR) is 57.9 cm³/mol. The van der Waals surface area contributed by atoms with Gasteiger partial charge in [0.05, 0.1) is 6.26 Å². The normalized spacial score (nSPS) is 17.9. The Kier molecular flexibility index (Phi) is 4.53. The van der Waals surface area contributed by atoms with Gasteiger partial charge in [0.1, 0.15) is 0 Å². The van der Waals surface area contributed by atoms with Crippen molar-refractivity contribution in [3.05, 3.63) is 0 Å². The molecule has 1 fully saturated rings. The van der Waals surface area contributed by atoms with E-state index in [9.17, 15) is 13.2 Å². The zero-order valence-corrected chi connectivity index (χ0v) is 9.77. The van der Waals surface area contributed by atoms with Crippen LogP contribution < -0.4 is 10.0 Å². The molecule has 88 valence electrons. The lowest BCUT2D eigenvalue weighted by Gasteiger charge is -2.11. The highest BCUT2D eigenvalue weighted by atomic mass is 32.2. The zero-order valence-electron chi connectivity index (χ0n) is 8.95. The monoisotopic (exact) mass is 234 g/mol. The minimum atomic E-state index is -3.18. The van der Waals surface area contributed by atoms with Crippen molar-refractivity contribution in [2.24, 2.45) is 0 Å². The number of hydrogen-bond acceptors (Lipinski definition) is 3. The van der Waals surface area contributed by atoms with Gasteiger partial charge in [-0.05, 0) is 12.8 Å². The molecular formula is C9H18N2O3S. The summed E-state index contributed by atoms with van der Waals surface area (Å²) in [4.78, 5) is 11.3. The summed E-state index contributed by atoms with van der Waals surface area (Å²) in [6, 6.07) is 0.302. The van der Waals surface area contributed by atoms with E-state index in [0.29, 0.717) is 6.04 Å². The van der Waals surface area contributed by atoms with Crippen LogP contribution in [0.5, 0.6) is 0 Å². The van der Waals surface area contributed by atoms with E-state index in [-0.39, 0.29) is 18.9 Å². The molecule has 0 aliphatic heterocycles. The number of nitrogens with one attached hydrogen (secondary N) is 2. The molecule has 0 atom stereocenters. The van der Waals surface area contributed by atoms with E-state index in [1.807, 2.05) is 0 Å². The molecule has 15 heavy (non-hydrogen) atoms. The first-order valence-corrected chi connectivity index (χ1v) is 7.10. The highest BCUT2D eigenvalue weighted by Crippen LogP contribution is 2.17. The van der Waals surface area contributed by atoms with Gasteiger partial charge in [0.15, 0.2) is 0 Å². The Hall–Kier alpha value is -0.620. The quantitative estimate of drug-likeness (QED) is 0.702. The molecule has 1 saturated carbocycles. The minimum Gasteiger partial charge on any atom is -0.353 e. The van der Waals surface area contributed by atoms with Crippen LogP contribution in [0, 0.1) is 0 Å². The zero-order chi connectivity index (χ0) is 11.3. The van der Waals surface area contributed by atoms with Crippen molar-refractivity contribution >= 4 is 15.9 Å². The second kappa shape index (κ2) is 5.46. The molecule has 2 N–H and O–H groups in total. The molecule has 0 aromatic heterocycles. The third-order valence-corrected chi connectivity index (χ3v) is 3.17. The van der Waals surface area contributed by atoms with Crippen molar-refractivity contribution in [1.29, 1.82) is 0 Å². The second-order valence-corrected chi connectivity index (χ2v) is 5.80. The summed E-state index contributed by atoms with van der Waals surface area (Å²) in [6.07, 6.45) is 5.74. The molecule has 0 aromatic carbocycles. The maximum absolute atomic E-state index is 11.3. The Bertz CT molecular complexity index is 307. The average molecular weight is 234 g/mol. The van der Waals surface area contributed by atoms with Gasteiger partial charge in [-0.15, -0.1) is 0 Å². The van der Waals surface area contributed by atoms with Gasteiger partial charge in [-0.3, -0.25) is 4.79 Å². The van der Waals surface area contributed by atoms with Crippen molar-refractivity contribution in [1.82, 2.24) is 10.0 Å². The molecule has 5 nitrogen and oxygen atoms in total. The molecule has 0 radical (unpaired) electrons. The van der Waals surface area contributed by atoms with E-state index in [2.05, 4.69) is 10.0 Å². The van der Waals surface area contributed by atoms with Gasteiger partial charge < -0.3 is 5.32 Å². The lowest BCUT2D eigenvalue weighted by Crippen LogP contribution is -2.35. The Labute approximate surface area is 90.7 Å². The second-order valence-electron chi connectivity index (χ2n) is 3.97. The first-order valence-electron chi connectivity index (χ1n) is 5.21. The number of rotatable bonds is 5. The van der Waals surface area contributed by atoms with Crippen LogP contribution in [0.1, 0.15) is 32.1 Å². The lowest BCUT2D eigenvalue weighted by atomic mass is 10.2. The molecular weight excluding hydrogens is 216 g/mol. The maximum atomic E-state index is 11.3. The summed E-state index contributed by atoms with van der Waals surface area (Å²) in [5.41, 5.74) is 0. The van der Waals surface area contributed by atoms with Crippen molar-refractivity contribution in [2.75, 3.05) is 12.8 Å². The minimum absolute atomic E-state index is 0.0712. The van der Waals surface area contributed by atoms with Crippen LogP contribution in [0.3, 0.4) is 0 Å². The summed E-state index contributed by atoms with van der Waals surface area (Å²) in [5, 5.41) is 2.89. The third kappa shape index (κ3) is 5.74. The van der Waals surface area contributed by atoms with Crippen LogP contribution in [0.15, 0.2) is 0 Å². The van der Waals surface area contributed by atoms with Gasteiger partial charge in [0.2, 0.25) is 15.9 Å². The van der Waals surface area contributed by atoms with Crippen molar-refractivity contribution in [2.45, 2.75) is 38.1 Å². The van der Waals surface area contributed by atoms with Crippen LogP contribution in [0.2, 0.25) is 0 Å². The molecule has 0 saturated heterocycles. The van der Waals surface area contributed by atoms with Crippen molar-refractivity contribution < 1.29 is 13.2 Å². The standard InChI is InChI=1S/C9H18N2O3S/c1-15(13,14)10-7-6-9(12)11-8-4-2-3-5-8/h8,10H,2-7H2,1H3,(H,11,12). The van der Waals surface area contributed by atoms with Gasteiger partial charge in [-0.2, -0.15) is 0 Å². The lowest BCUT2D eigenvalue weighted by molar-refractivity contribution is -0.121. The number of hydrogen-bond donors (Lipinski definition) is 2. The fourth-order valence-corrected chi connectivity index (χ4v) is 2.19. The predicted octanol–water partition coefficient (Wildman–Crippen LogP) is -0.0155. The van der Waals surface area contributed by atoms with E-state index in [1.165, 1.54) is 12.8 Å². The highest BCUT2D eigenvalue weighted by Gasteiger charge is 2.16. The molecule has 1 rings (SSSR count). The number of carbonyl (C=O) groups is 1. The molecule has 0 bridgehead atoms. The number of carbonyl (C=O) groups excluding carboxylic acids is 1. The first kappa shape index (κ1) is 12.4. The van der Waals surface area contributed by atoms with Gasteiger partial charge in [0, 0.05) is 19.0 Å². The molecule has 1 amide bonds. The Morgan fingerprint density at radius 3 is 2.47 bits per heavy atom. The van der Waals surface area contributed by atoms with Crippen LogP contribution in [-0.2, 0) is 14.8 Å². The smallest absolute Gasteiger partial charge is 0.221 e. The van der Waals surface area contributed by atoms with E-state index in [0.717, 1.165) is 19.1 Å². The summed E-state index contributed by atoms with van der Waals surface area (Å²) < 4.78 is 23.7. The third-order valence-electron chi connectivity index (χ3n) is 2.44. The Morgan fingerprint density at radius 1 is 1.33 bits per heavy atom. The summed E-state index contributed by atoms with van der Waals surface area (Å²) in [7, 11) is -3.18. The molecule has 0 aromatic rings. The van der Waals surface area contributed by atoms with Gasteiger partial charge in [0.25, 0.3) is 0 Å². The van der Waals surface area contributed by atoms with Crippen LogP contribution in [0.25, 0.3) is 0 Å². The first-order chi connectivity index (χ1) is 6.97. The largest absolute Gasteiger partial charge is 0.353 e. The van der Waals surface area contributed by atoms with Crippen molar-refractivity contribution in [3.8, 4) is 0 Å². The van der Waals surface area contributed by atoms with E-state index < -0.39 is 10.0 Å². The van der Waals surface area contributed by atoms with Crippen LogP contribution in [0.4, 0.5) is 0 Å². The van der Waals surface area contributed by atoms with Crippen molar-refractivity contribution in [3.63, 3.8) is 0 Å². The number of sulfonamides is 1. The molecule has 6 heteroatoms. The summed E-state index contributed by atoms with van der Waals surface area (Å²) >= 11 is 0. The van der Waals surface area contributed by atoms with E-state index in [4.69, 9.17) is 0 Å². The summed E-state index contributed by atoms with van der Waals surface area (Å²) in [6.45, 7) is 0.178. The van der Waals surface area contributed by atoms with E-state index in [1.54, 1.807) is 0 Å². The highest BCUT2D eigenvalue weighted by molar-refractivity contribution is 7.88. The van der Waals surface area contributed by atoms with Gasteiger partial charge in [-0.1, -0.05) is 12.8 Å². The molecule has 1 aliphatic rings. The van der Waals surface area contributed by atoms with Gasteiger partial charge in [-0.25, -0.2) is 13.1 Å². The van der Waals surface area contributed by atoms with Crippen LogP contribution >= 0.6 is 0 Å². The Balaban J connectivity index is 2.13. The SMILES string of the molecule is CS(=O)(=O)NCCC(=O)NC1CCCC1. The fraction of sp³-hybridized carbons (Fsp3) is 0.889. The van der Waals surface area contributed by atoms with E-state index >= 15 is 0 Å². The average Bonchev–Trinajstić information content (AvgIpc) is 2.54. The topological polar surface area (TPSA) is 75.3 Å².